The Morgan fingerprint density at radius 2 is 1.81 bits per heavy atom. The number of para-hydroxylation sites is 2. The summed E-state index contributed by atoms with van der Waals surface area (Å²) in [4.78, 5) is 17.5. The number of anilines is 1. The zero-order chi connectivity index (χ0) is 18.8. The van der Waals surface area contributed by atoms with Crippen LogP contribution in [0.2, 0.25) is 0 Å². The minimum atomic E-state index is -0.258. The molecule has 0 fully saturated rings. The summed E-state index contributed by atoms with van der Waals surface area (Å²) in [5.41, 5.74) is 2.90. The molecule has 27 heavy (non-hydrogen) atoms. The first-order valence-electron chi connectivity index (χ1n) is 9.08. The summed E-state index contributed by atoms with van der Waals surface area (Å²) >= 11 is 1.49. The number of imidazole rings is 1. The van der Waals surface area contributed by atoms with Gasteiger partial charge in [0, 0.05) is 17.6 Å². The van der Waals surface area contributed by atoms with E-state index < -0.39 is 0 Å². The first-order chi connectivity index (χ1) is 13.2. The molecular formula is C22H21N3OS. The van der Waals surface area contributed by atoms with E-state index in [2.05, 4.69) is 22.9 Å². The highest BCUT2D eigenvalue weighted by molar-refractivity contribution is 8.00. The predicted molar refractivity (Wildman–Crippen MR) is 113 cm³/mol. The summed E-state index contributed by atoms with van der Waals surface area (Å²) in [6.45, 7) is 4.84. The van der Waals surface area contributed by atoms with E-state index in [-0.39, 0.29) is 11.2 Å². The average molecular weight is 375 g/mol. The molecule has 1 atom stereocenters. The molecule has 1 aromatic heterocycles. The number of hydrogen-bond acceptors (Lipinski definition) is 3. The zero-order valence-corrected chi connectivity index (χ0v) is 16.2. The van der Waals surface area contributed by atoms with Crippen molar-refractivity contribution >= 4 is 45.2 Å². The van der Waals surface area contributed by atoms with E-state index in [9.17, 15) is 4.79 Å². The van der Waals surface area contributed by atoms with E-state index in [1.807, 2.05) is 67.6 Å². The third-order valence-corrected chi connectivity index (χ3v) is 5.72. The van der Waals surface area contributed by atoms with Crippen molar-refractivity contribution in [2.45, 2.75) is 30.8 Å². The summed E-state index contributed by atoms with van der Waals surface area (Å²) in [6, 6.07) is 22.1. The molecular weight excluding hydrogens is 354 g/mol. The van der Waals surface area contributed by atoms with Crippen molar-refractivity contribution in [2.75, 3.05) is 5.32 Å². The molecule has 0 unspecified atom stereocenters. The fourth-order valence-electron chi connectivity index (χ4n) is 3.23. The number of aromatic nitrogens is 2. The lowest BCUT2D eigenvalue weighted by atomic mass is 10.1. The zero-order valence-electron chi connectivity index (χ0n) is 15.3. The monoisotopic (exact) mass is 375 g/mol. The second-order valence-corrected chi connectivity index (χ2v) is 7.71. The van der Waals surface area contributed by atoms with Gasteiger partial charge in [0.05, 0.1) is 16.3 Å². The molecule has 0 saturated carbocycles. The smallest absolute Gasteiger partial charge is 0.237 e. The number of hydrogen-bond donors (Lipinski definition) is 1. The van der Waals surface area contributed by atoms with Crippen LogP contribution < -0.4 is 5.32 Å². The number of fused-ring (bicyclic) bond motifs is 2. The molecule has 4 rings (SSSR count). The van der Waals surface area contributed by atoms with E-state index in [0.29, 0.717) is 0 Å². The van der Waals surface area contributed by atoms with Crippen LogP contribution in [0.1, 0.15) is 13.8 Å². The molecule has 0 aliphatic carbocycles. The standard InChI is InChI=1S/C22H21N3OS/c1-3-25-20-14-7-6-12-19(20)24-22(25)27-15(2)21(26)23-18-13-8-10-16-9-4-5-11-17(16)18/h4-15H,3H2,1-2H3,(H,23,26)/t15-/m0/s1. The van der Waals surface area contributed by atoms with Crippen LogP contribution in [0.4, 0.5) is 5.69 Å². The number of aryl methyl sites for hydroxylation is 1. The third-order valence-electron chi connectivity index (χ3n) is 4.63. The molecule has 4 aromatic rings. The molecule has 1 heterocycles. The van der Waals surface area contributed by atoms with Crippen molar-refractivity contribution in [1.29, 1.82) is 0 Å². The molecule has 1 N–H and O–H groups in total. The maximum Gasteiger partial charge on any atom is 0.237 e. The lowest BCUT2D eigenvalue weighted by Crippen LogP contribution is -2.23. The molecule has 0 aliphatic rings. The van der Waals surface area contributed by atoms with E-state index >= 15 is 0 Å². The lowest BCUT2D eigenvalue weighted by Gasteiger charge is -2.14. The van der Waals surface area contributed by atoms with Crippen molar-refractivity contribution in [3.8, 4) is 0 Å². The van der Waals surface area contributed by atoms with Gasteiger partial charge in [0.25, 0.3) is 0 Å². The molecule has 5 heteroatoms. The SMILES string of the molecule is CCn1c(S[C@@H](C)C(=O)Nc2cccc3ccccc23)nc2ccccc21. The summed E-state index contributed by atoms with van der Waals surface area (Å²) in [6.07, 6.45) is 0. The molecule has 136 valence electrons. The largest absolute Gasteiger partial charge is 0.325 e. The Morgan fingerprint density at radius 1 is 1.07 bits per heavy atom. The predicted octanol–water partition coefficient (Wildman–Crippen LogP) is 5.33. The minimum Gasteiger partial charge on any atom is -0.325 e. The molecule has 4 nitrogen and oxygen atoms in total. The van der Waals surface area contributed by atoms with Crippen LogP contribution >= 0.6 is 11.8 Å². The molecule has 1 amide bonds. The van der Waals surface area contributed by atoms with Crippen LogP contribution in [0.3, 0.4) is 0 Å². The van der Waals surface area contributed by atoms with E-state index in [4.69, 9.17) is 4.98 Å². The number of carbonyl (C=O) groups is 1. The first kappa shape index (κ1) is 17.6. The molecule has 0 radical (unpaired) electrons. The third kappa shape index (κ3) is 3.43. The summed E-state index contributed by atoms with van der Waals surface area (Å²) < 4.78 is 2.15. The fraction of sp³-hybridized carbons (Fsp3) is 0.182. The topological polar surface area (TPSA) is 46.9 Å². The molecule has 0 spiro atoms. The van der Waals surface area contributed by atoms with Crippen LogP contribution in [-0.4, -0.2) is 20.7 Å². The number of rotatable bonds is 5. The van der Waals surface area contributed by atoms with E-state index in [0.717, 1.165) is 39.2 Å². The summed E-state index contributed by atoms with van der Waals surface area (Å²) in [7, 11) is 0. The van der Waals surface area contributed by atoms with Gasteiger partial charge in [0.15, 0.2) is 5.16 Å². The quantitative estimate of drug-likeness (QED) is 0.480. The highest BCUT2D eigenvalue weighted by Crippen LogP contribution is 2.29. The van der Waals surface area contributed by atoms with Crippen molar-refractivity contribution in [2.24, 2.45) is 0 Å². The second-order valence-electron chi connectivity index (χ2n) is 6.40. The Hall–Kier alpha value is -2.79. The lowest BCUT2D eigenvalue weighted by molar-refractivity contribution is -0.115. The van der Waals surface area contributed by atoms with Crippen molar-refractivity contribution < 1.29 is 4.79 Å². The minimum absolute atomic E-state index is 0.0222. The van der Waals surface area contributed by atoms with Crippen LogP contribution in [0.25, 0.3) is 21.8 Å². The van der Waals surface area contributed by atoms with Gasteiger partial charge >= 0.3 is 0 Å². The average Bonchev–Trinajstić information content (AvgIpc) is 3.05. The Balaban J connectivity index is 1.56. The fourth-order valence-corrected chi connectivity index (χ4v) is 4.22. The van der Waals surface area contributed by atoms with Crippen molar-refractivity contribution in [1.82, 2.24) is 9.55 Å². The Kier molecular flexibility index (Phi) is 4.86. The molecule has 0 aliphatic heterocycles. The number of nitrogens with one attached hydrogen (secondary N) is 1. The van der Waals surface area contributed by atoms with Crippen LogP contribution in [0, 0.1) is 0 Å². The first-order valence-corrected chi connectivity index (χ1v) is 9.96. The summed E-state index contributed by atoms with van der Waals surface area (Å²) in [5.74, 6) is -0.0222. The Morgan fingerprint density at radius 3 is 2.67 bits per heavy atom. The van der Waals surface area contributed by atoms with E-state index in [1.54, 1.807) is 0 Å². The number of carbonyl (C=O) groups excluding carboxylic acids is 1. The van der Waals surface area contributed by atoms with Gasteiger partial charge in [0.1, 0.15) is 0 Å². The van der Waals surface area contributed by atoms with Gasteiger partial charge < -0.3 is 9.88 Å². The number of thioether (sulfide) groups is 1. The van der Waals surface area contributed by atoms with Crippen molar-refractivity contribution in [3.63, 3.8) is 0 Å². The van der Waals surface area contributed by atoms with Gasteiger partial charge in [0.2, 0.25) is 5.91 Å². The van der Waals surface area contributed by atoms with Crippen LogP contribution in [0.15, 0.2) is 71.9 Å². The molecule has 3 aromatic carbocycles. The van der Waals surface area contributed by atoms with Gasteiger partial charge in [-0.1, -0.05) is 60.3 Å². The van der Waals surface area contributed by atoms with E-state index in [1.165, 1.54) is 11.8 Å². The van der Waals surface area contributed by atoms with Gasteiger partial charge in [-0.25, -0.2) is 4.98 Å². The highest BCUT2D eigenvalue weighted by atomic mass is 32.2. The number of nitrogens with zero attached hydrogens (tertiary/aromatic N) is 2. The van der Waals surface area contributed by atoms with Gasteiger partial charge in [-0.2, -0.15) is 0 Å². The number of amides is 1. The second kappa shape index (κ2) is 7.45. The van der Waals surface area contributed by atoms with Gasteiger partial charge in [-0.05, 0) is 37.4 Å². The van der Waals surface area contributed by atoms with Crippen LogP contribution in [0.5, 0.6) is 0 Å². The van der Waals surface area contributed by atoms with Crippen molar-refractivity contribution in [3.05, 3.63) is 66.7 Å². The number of benzene rings is 3. The highest BCUT2D eigenvalue weighted by Gasteiger charge is 2.19. The Labute approximate surface area is 162 Å². The molecule has 0 saturated heterocycles. The van der Waals surface area contributed by atoms with Gasteiger partial charge in [-0.15, -0.1) is 0 Å². The summed E-state index contributed by atoms with van der Waals surface area (Å²) in [5, 5.41) is 5.86. The maximum atomic E-state index is 12.8. The van der Waals surface area contributed by atoms with Gasteiger partial charge in [-0.3, -0.25) is 4.79 Å². The normalized spacial score (nSPS) is 12.4. The van der Waals surface area contributed by atoms with Crippen LogP contribution in [-0.2, 0) is 11.3 Å². The maximum absolute atomic E-state index is 12.8. The molecule has 0 bridgehead atoms. The Bertz CT molecular complexity index is 1110.